The van der Waals surface area contributed by atoms with Gasteiger partial charge in [-0.25, -0.2) is 0 Å². The molecule has 2 atom stereocenters. The van der Waals surface area contributed by atoms with Gasteiger partial charge in [0.25, 0.3) is 0 Å². The molecule has 0 amide bonds. The molecule has 4 rings (SSSR count). The predicted molar refractivity (Wildman–Crippen MR) is 103 cm³/mol. The maximum atomic E-state index is 2.72. The maximum Gasteiger partial charge on any atom is -0.0167 e. The lowest BCUT2D eigenvalue weighted by Gasteiger charge is -2.53. The lowest BCUT2D eigenvalue weighted by molar-refractivity contribution is 0.463. The quantitative estimate of drug-likeness (QED) is 0.441. The van der Waals surface area contributed by atoms with Crippen molar-refractivity contribution in [3.63, 3.8) is 0 Å². The van der Waals surface area contributed by atoms with E-state index < -0.39 is 0 Å². The molecule has 0 nitrogen and oxygen atoms in total. The van der Waals surface area contributed by atoms with E-state index in [0.717, 1.165) is 11.3 Å². The topological polar surface area (TPSA) is 0 Å². The van der Waals surface area contributed by atoms with Crippen molar-refractivity contribution in [3.8, 4) is 0 Å². The highest BCUT2D eigenvalue weighted by Crippen LogP contribution is 2.69. The lowest BCUT2D eigenvalue weighted by Crippen LogP contribution is -2.38. The number of hydrogen-bond acceptors (Lipinski definition) is 0. The first-order valence-electron chi connectivity index (χ1n) is 10.3. The highest BCUT2D eigenvalue weighted by atomic mass is 31.1. The van der Waals surface area contributed by atoms with Crippen LogP contribution in [0.25, 0.3) is 0 Å². The van der Waals surface area contributed by atoms with Crippen LogP contribution in [0.1, 0.15) is 90.9 Å². The highest BCUT2D eigenvalue weighted by Gasteiger charge is 2.45. The van der Waals surface area contributed by atoms with Crippen LogP contribution in [-0.2, 0) is 0 Å². The first kappa shape index (κ1) is 16.3. The van der Waals surface area contributed by atoms with Crippen molar-refractivity contribution in [2.75, 3.05) is 0 Å². The van der Waals surface area contributed by atoms with E-state index in [1.54, 1.807) is 77.0 Å². The zero-order valence-corrected chi connectivity index (χ0v) is 16.6. The molecule has 0 heterocycles. The molecule has 126 valence electrons. The van der Waals surface area contributed by atoms with Crippen molar-refractivity contribution in [1.29, 1.82) is 0 Å². The van der Waals surface area contributed by atoms with Crippen molar-refractivity contribution in [3.05, 3.63) is 0 Å². The van der Waals surface area contributed by atoms with E-state index in [4.69, 9.17) is 0 Å². The normalized spacial score (nSPS) is 30.5. The summed E-state index contributed by atoms with van der Waals surface area (Å²) in [4.78, 5) is 0. The van der Waals surface area contributed by atoms with Crippen molar-refractivity contribution < 1.29 is 0 Å². The van der Waals surface area contributed by atoms with Gasteiger partial charge in [0.2, 0.25) is 0 Å². The molecule has 0 bridgehead atoms. The Labute approximate surface area is 141 Å². The van der Waals surface area contributed by atoms with Gasteiger partial charge in [-0.1, -0.05) is 55.4 Å². The van der Waals surface area contributed by atoms with E-state index in [1.807, 2.05) is 0 Å². The Morgan fingerprint density at radius 3 is 0.864 bits per heavy atom. The molecule has 0 saturated heterocycles. The van der Waals surface area contributed by atoms with Crippen LogP contribution in [-0.4, -0.2) is 34.0 Å². The van der Waals surface area contributed by atoms with E-state index in [0.29, 0.717) is 15.8 Å². The van der Waals surface area contributed by atoms with Gasteiger partial charge in [-0.05, 0) is 85.3 Å². The summed E-state index contributed by atoms with van der Waals surface area (Å²) in [5.41, 5.74) is 6.96. The van der Waals surface area contributed by atoms with Crippen molar-refractivity contribution >= 4 is 15.8 Å². The van der Waals surface area contributed by atoms with E-state index in [2.05, 4.69) is 13.8 Å². The Balaban J connectivity index is 1.46. The minimum atomic E-state index is 0.362. The average Bonchev–Trinajstić information content (AvgIpc) is 2.26. The molecule has 0 aromatic heterocycles. The van der Waals surface area contributed by atoms with Crippen LogP contribution in [0.3, 0.4) is 0 Å². The third-order valence-corrected chi connectivity index (χ3v) is 16.1. The Kier molecular flexibility index (Phi) is 5.20. The summed E-state index contributed by atoms with van der Waals surface area (Å²) in [6.45, 7) is 5.44. The number of hydrogen-bond donors (Lipinski definition) is 0. The molecule has 0 aromatic carbocycles. The predicted octanol–water partition coefficient (Wildman–Crippen LogP) is 6.94. The molecule has 4 saturated carbocycles. The van der Waals surface area contributed by atoms with Crippen LogP contribution >= 0.6 is 15.8 Å². The maximum absolute atomic E-state index is 2.72. The summed E-state index contributed by atoms with van der Waals surface area (Å²) in [7, 11) is 0.724. The summed E-state index contributed by atoms with van der Waals surface area (Å²) < 4.78 is 0. The Hall–Kier alpha value is 0.860. The lowest BCUT2D eigenvalue weighted by atomic mass is 9.99. The molecule has 4 aliphatic rings. The van der Waals surface area contributed by atoms with Crippen LogP contribution in [0, 0.1) is 0 Å². The smallest absolute Gasteiger partial charge is 0.0167 e. The van der Waals surface area contributed by atoms with Crippen molar-refractivity contribution in [1.82, 2.24) is 0 Å². The Morgan fingerprint density at radius 1 is 0.500 bits per heavy atom. The molecule has 0 N–H and O–H groups in total. The zero-order chi connectivity index (χ0) is 15.1. The fraction of sp³-hybridized carbons (Fsp3) is 1.00. The number of rotatable bonds is 7. The van der Waals surface area contributed by atoms with Gasteiger partial charge in [-0.3, -0.25) is 0 Å². The van der Waals surface area contributed by atoms with Crippen LogP contribution in [0.2, 0.25) is 0 Å². The largest absolute Gasteiger partial charge is 0.0968 e. The summed E-state index contributed by atoms with van der Waals surface area (Å²) in [5.74, 6) is 0. The SMILES string of the molecule is CC(C(C)P(C1CCC1)C1CCC1)P(C1CCC1)C1CCC1. The van der Waals surface area contributed by atoms with Crippen LogP contribution in [0.4, 0.5) is 0 Å². The molecule has 2 unspecified atom stereocenters. The van der Waals surface area contributed by atoms with Gasteiger partial charge in [-0.2, -0.15) is 0 Å². The minimum absolute atomic E-state index is 0.362. The van der Waals surface area contributed by atoms with Gasteiger partial charge in [0.05, 0.1) is 0 Å². The summed E-state index contributed by atoms with van der Waals surface area (Å²) >= 11 is 0. The Bertz CT molecular complexity index is 302. The van der Waals surface area contributed by atoms with E-state index >= 15 is 0 Å². The van der Waals surface area contributed by atoms with Crippen molar-refractivity contribution in [2.24, 2.45) is 0 Å². The van der Waals surface area contributed by atoms with Crippen LogP contribution < -0.4 is 0 Å². The molecule has 4 aliphatic carbocycles. The second-order valence-electron chi connectivity index (χ2n) is 8.71. The first-order valence-corrected chi connectivity index (χ1v) is 13.4. The molecule has 0 spiro atoms. The van der Waals surface area contributed by atoms with E-state index in [-0.39, 0.29) is 0 Å². The molecule has 2 heteroatoms. The van der Waals surface area contributed by atoms with E-state index in [1.165, 1.54) is 22.6 Å². The van der Waals surface area contributed by atoms with Crippen molar-refractivity contribution in [2.45, 2.75) is 125 Å². The Morgan fingerprint density at radius 2 is 0.727 bits per heavy atom. The van der Waals surface area contributed by atoms with Gasteiger partial charge in [0.15, 0.2) is 0 Å². The third-order valence-electron chi connectivity index (χ3n) is 7.62. The standard InChI is InChI=1S/C20H36P2/c1-15(21(17-7-3-8-17)18-9-4-10-18)16(2)22(19-11-5-12-19)20-13-6-14-20/h15-20H,3-14H2,1-2H3. The van der Waals surface area contributed by atoms with Crippen LogP contribution in [0.15, 0.2) is 0 Å². The molecule has 4 fully saturated rings. The third kappa shape index (κ3) is 2.94. The molecular weight excluding hydrogens is 302 g/mol. The fourth-order valence-electron chi connectivity index (χ4n) is 5.16. The zero-order valence-electron chi connectivity index (χ0n) is 14.8. The second kappa shape index (κ2) is 7.00. The van der Waals surface area contributed by atoms with Gasteiger partial charge >= 0.3 is 0 Å². The highest BCUT2D eigenvalue weighted by molar-refractivity contribution is 7.64. The molecule has 22 heavy (non-hydrogen) atoms. The minimum Gasteiger partial charge on any atom is -0.0968 e. The van der Waals surface area contributed by atoms with Gasteiger partial charge in [0.1, 0.15) is 0 Å². The monoisotopic (exact) mass is 338 g/mol. The van der Waals surface area contributed by atoms with Gasteiger partial charge < -0.3 is 0 Å². The first-order chi connectivity index (χ1) is 10.8. The van der Waals surface area contributed by atoms with Crippen LogP contribution in [0.5, 0.6) is 0 Å². The summed E-state index contributed by atoms with van der Waals surface area (Å²) in [6.07, 6.45) is 19.0. The second-order valence-corrected chi connectivity index (χ2v) is 15.1. The molecular formula is C20H36P2. The molecule has 0 aliphatic heterocycles. The average molecular weight is 338 g/mol. The fourth-order valence-corrected chi connectivity index (χ4v) is 14.8. The van der Waals surface area contributed by atoms with Gasteiger partial charge in [0, 0.05) is 0 Å². The van der Waals surface area contributed by atoms with E-state index in [9.17, 15) is 0 Å². The molecule has 0 radical (unpaired) electrons. The van der Waals surface area contributed by atoms with Gasteiger partial charge in [-0.15, -0.1) is 0 Å². The molecule has 0 aromatic rings. The summed E-state index contributed by atoms with van der Waals surface area (Å²) in [6, 6.07) is 0. The summed E-state index contributed by atoms with van der Waals surface area (Å²) in [5, 5.41) is 0.